The predicted octanol–water partition coefficient (Wildman–Crippen LogP) is 4.61. The van der Waals surface area contributed by atoms with E-state index in [1.165, 1.54) is 6.20 Å². The summed E-state index contributed by atoms with van der Waals surface area (Å²) in [6.07, 6.45) is 5.19. The number of carbonyl (C=O) groups excluding carboxylic acids is 1. The van der Waals surface area contributed by atoms with E-state index in [4.69, 9.17) is 4.74 Å². The third-order valence-corrected chi connectivity index (χ3v) is 5.34. The number of nitrogens with one attached hydrogen (secondary N) is 3. The Balaban J connectivity index is 1.60. The molecule has 5 nitrogen and oxygen atoms in total. The molecule has 1 saturated heterocycles. The summed E-state index contributed by atoms with van der Waals surface area (Å²) in [6, 6.07) is 18.4. The Labute approximate surface area is 184 Å². The van der Waals surface area contributed by atoms with Gasteiger partial charge in [0.1, 0.15) is 5.72 Å². The van der Waals surface area contributed by atoms with Gasteiger partial charge < -0.3 is 20.7 Å². The summed E-state index contributed by atoms with van der Waals surface area (Å²) in [7, 11) is 0. The van der Waals surface area contributed by atoms with Gasteiger partial charge in [-0.25, -0.2) is 0 Å². The van der Waals surface area contributed by atoms with Crippen molar-refractivity contribution >= 4 is 5.91 Å². The van der Waals surface area contributed by atoms with Crippen molar-refractivity contribution < 1.29 is 9.53 Å². The van der Waals surface area contributed by atoms with Crippen LogP contribution in [0.5, 0.6) is 0 Å². The molecule has 1 heterocycles. The number of hydrogen-bond donors (Lipinski definition) is 3. The maximum Gasteiger partial charge on any atom is 0.255 e. The Kier molecular flexibility index (Phi) is 7.32. The van der Waals surface area contributed by atoms with Gasteiger partial charge in [-0.1, -0.05) is 74.7 Å². The van der Waals surface area contributed by atoms with Crippen LogP contribution < -0.4 is 16.0 Å². The van der Waals surface area contributed by atoms with Gasteiger partial charge in [-0.05, 0) is 36.2 Å². The van der Waals surface area contributed by atoms with Crippen molar-refractivity contribution in [1.82, 2.24) is 16.0 Å². The zero-order valence-corrected chi connectivity index (χ0v) is 18.3. The fourth-order valence-corrected chi connectivity index (χ4v) is 3.64. The summed E-state index contributed by atoms with van der Waals surface area (Å²) >= 11 is 0. The van der Waals surface area contributed by atoms with Gasteiger partial charge >= 0.3 is 0 Å². The molecular formula is C26H31N3O2. The van der Waals surface area contributed by atoms with Crippen LogP contribution in [0, 0.1) is 0 Å². The number of rotatable bonds is 10. The van der Waals surface area contributed by atoms with Crippen molar-refractivity contribution in [2.75, 3.05) is 0 Å². The molecule has 0 aliphatic carbocycles. The molecule has 1 fully saturated rings. The maximum atomic E-state index is 12.9. The van der Waals surface area contributed by atoms with Gasteiger partial charge in [0, 0.05) is 24.9 Å². The molecule has 2 unspecified atom stereocenters. The van der Waals surface area contributed by atoms with Gasteiger partial charge in [0.15, 0.2) is 0 Å². The summed E-state index contributed by atoms with van der Waals surface area (Å²) in [5.74, 6) is -0.228. The second-order valence-electron chi connectivity index (χ2n) is 7.86. The van der Waals surface area contributed by atoms with Gasteiger partial charge in [-0.15, -0.1) is 0 Å². The van der Waals surface area contributed by atoms with Crippen LogP contribution in [-0.2, 0) is 16.1 Å². The molecular weight excluding hydrogens is 386 g/mol. The van der Waals surface area contributed by atoms with Crippen molar-refractivity contribution in [2.24, 2.45) is 0 Å². The molecule has 31 heavy (non-hydrogen) atoms. The summed E-state index contributed by atoms with van der Waals surface area (Å²) in [4.78, 5) is 12.9. The van der Waals surface area contributed by atoms with Crippen LogP contribution in [0.15, 0.2) is 91.4 Å². The van der Waals surface area contributed by atoms with E-state index in [9.17, 15) is 4.79 Å². The summed E-state index contributed by atoms with van der Waals surface area (Å²) in [5.41, 5.74) is 3.73. The highest BCUT2D eigenvalue weighted by Gasteiger charge is 2.41. The largest absolute Gasteiger partial charge is 0.367 e. The Morgan fingerprint density at radius 3 is 2.42 bits per heavy atom. The Morgan fingerprint density at radius 1 is 1.16 bits per heavy atom. The van der Waals surface area contributed by atoms with Gasteiger partial charge in [0.2, 0.25) is 0 Å². The van der Waals surface area contributed by atoms with Crippen LogP contribution in [0.4, 0.5) is 0 Å². The Morgan fingerprint density at radius 2 is 1.81 bits per heavy atom. The summed E-state index contributed by atoms with van der Waals surface area (Å²) in [6.45, 7) is 12.2. The molecule has 1 aliphatic rings. The van der Waals surface area contributed by atoms with E-state index >= 15 is 0 Å². The van der Waals surface area contributed by atoms with E-state index in [1.54, 1.807) is 6.20 Å². The van der Waals surface area contributed by atoms with Crippen LogP contribution in [0.1, 0.15) is 32.3 Å². The van der Waals surface area contributed by atoms with Crippen molar-refractivity contribution in [3.63, 3.8) is 0 Å². The highest BCUT2D eigenvalue weighted by Crippen LogP contribution is 2.33. The first-order chi connectivity index (χ1) is 14.9. The lowest BCUT2D eigenvalue weighted by atomic mass is 9.96. The number of carbonyl (C=O) groups is 1. The molecule has 5 heteroatoms. The fourth-order valence-electron chi connectivity index (χ4n) is 3.64. The van der Waals surface area contributed by atoms with Gasteiger partial charge in [0.25, 0.3) is 5.91 Å². The van der Waals surface area contributed by atoms with Crippen molar-refractivity contribution in [1.29, 1.82) is 0 Å². The molecule has 2 aromatic carbocycles. The quantitative estimate of drug-likeness (QED) is 0.390. The minimum atomic E-state index is -0.501. The molecule has 0 aromatic heterocycles. The molecule has 3 N–H and O–H groups in total. The van der Waals surface area contributed by atoms with Crippen LogP contribution in [0.3, 0.4) is 0 Å². The number of ether oxygens (including phenoxy) is 1. The van der Waals surface area contributed by atoms with E-state index < -0.39 is 5.72 Å². The maximum absolute atomic E-state index is 12.9. The molecule has 2 aromatic rings. The average molecular weight is 418 g/mol. The van der Waals surface area contributed by atoms with Crippen LogP contribution >= 0.6 is 0 Å². The van der Waals surface area contributed by atoms with Gasteiger partial charge in [-0.2, -0.15) is 0 Å². The third kappa shape index (κ3) is 5.86. The molecule has 0 spiro atoms. The lowest BCUT2D eigenvalue weighted by Gasteiger charge is -2.46. The molecule has 162 valence electrons. The standard InChI is InChI=1S/C26H31N3O2/c1-5-23-16-26(4,31-23)29-19(3)24(18-27-6-2)25(30)28-17-20-12-14-22(15-13-20)21-10-8-7-9-11-21/h6-15,18,23,27,29H,2-3,5,16-17H2,1,4H3,(H,28,30)/b24-18+. The molecule has 0 saturated carbocycles. The molecule has 1 amide bonds. The SMILES string of the molecule is C=CN/C=C(\C(=C)NC1(C)CC(CC)O1)C(=O)NCc1ccc(-c2ccccc2)cc1. The summed E-state index contributed by atoms with van der Waals surface area (Å²) < 4.78 is 5.89. The van der Waals surface area contributed by atoms with Crippen LogP contribution in [-0.4, -0.2) is 17.7 Å². The smallest absolute Gasteiger partial charge is 0.255 e. The molecule has 0 bridgehead atoms. The van der Waals surface area contributed by atoms with Crippen molar-refractivity contribution in [2.45, 2.75) is 45.1 Å². The minimum absolute atomic E-state index is 0.228. The van der Waals surface area contributed by atoms with Crippen LogP contribution in [0.2, 0.25) is 0 Å². The zero-order valence-electron chi connectivity index (χ0n) is 18.3. The Bertz CT molecular complexity index is 942. The Hall–Kier alpha value is -3.31. The third-order valence-electron chi connectivity index (χ3n) is 5.34. The average Bonchev–Trinajstić information content (AvgIpc) is 2.77. The highest BCUT2D eigenvalue weighted by molar-refractivity contribution is 5.97. The van der Waals surface area contributed by atoms with Crippen molar-refractivity contribution in [3.05, 3.63) is 97.0 Å². The lowest BCUT2D eigenvalue weighted by Crippen LogP contribution is -2.57. The van der Waals surface area contributed by atoms with E-state index in [-0.39, 0.29) is 12.0 Å². The normalized spacial score (nSPS) is 20.3. The molecule has 0 radical (unpaired) electrons. The van der Waals surface area contributed by atoms with Crippen LogP contribution in [0.25, 0.3) is 11.1 Å². The second-order valence-corrected chi connectivity index (χ2v) is 7.86. The molecule has 1 aliphatic heterocycles. The topological polar surface area (TPSA) is 62.4 Å². The van der Waals surface area contributed by atoms with Gasteiger partial charge in [0.05, 0.1) is 11.7 Å². The number of amides is 1. The first kappa shape index (κ1) is 22.4. The predicted molar refractivity (Wildman–Crippen MR) is 126 cm³/mol. The minimum Gasteiger partial charge on any atom is -0.367 e. The van der Waals surface area contributed by atoms with E-state index in [1.807, 2.05) is 37.3 Å². The monoisotopic (exact) mass is 417 g/mol. The second kappa shape index (κ2) is 10.1. The number of benzene rings is 2. The van der Waals surface area contributed by atoms with E-state index in [0.29, 0.717) is 17.8 Å². The lowest BCUT2D eigenvalue weighted by molar-refractivity contribution is -0.208. The van der Waals surface area contributed by atoms with Crippen molar-refractivity contribution in [3.8, 4) is 11.1 Å². The first-order valence-electron chi connectivity index (χ1n) is 10.6. The number of hydrogen-bond acceptors (Lipinski definition) is 4. The highest BCUT2D eigenvalue weighted by atomic mass is 16.5. The van der Waals surface area contributed by atoms with E-state index in [2.05, 4.69) is 60.3 Å². The fraction of sp³-hybridized carbons (Fsp3) is 0.269. The van der Waals surface area contributed by atoms with E-state index in [0.717, 1.165) is 29.5 Å². The van der Waals surface area contributed by atoms with Gasteiger partial charge in [-0.3, -0.25) is 4.79 Å². The zero-order chi connectivity index (χ0) is 22.3. The first-order valence-corrected chi connectivity index (χ1v) is 10.6. The molecule has 2 atom stereocenters. The summed E-state index contributed by atoms with van der Waals surface area (Å²) in [5, 5.41) is 9.09. The molecule has 3 rings (SSSR count).